The number of anilines is 1. The second-order valence-electron chi connectivity index (χ2n) is 4.46. The van der Waals surface area contributed by atoms with E-state index in [4.69, 9.17) is 11.6 Å². The topological polar surface area (TPSA) is 58.2 Å². The molecule has 4 nitrogen and oxygen atoms in total. The number of rotatable bonds is 2. The number of hydrogen-bond donors (Lipinski definition) is 2. The minimum atomic E-state index is -4.46. The number of carbonyl (C=O) groups excluding carboxylic acids is 2. The molecule has 2 aromatic carbocycles. The van der Waals surface area contributed by atoms with Gasteiger partial charge in [0.05, 0.1) is 16.1 Å². The van der Waals surface area contributed by atoms with Crippen LogP contribution in [0, 0.1) is 0 Å². The Morgan fingerprint density at radius 1 is 0.957 bits per heavy atom. The highest BCUT2D eigenvalue weighted by molar-refractivity contribution is 6.34. The molecule has 8 heteroatoms. The van der Waals surface area contributed by atoms with Crippen molar-refractivity contribution >= 4 is 29.2 Å². The molecule has 0 spiro atoms. The lowest BCUT2D eigenvalue weighted by Crippen LogP contribution is -2.34. The maximum atomic E-state index is 12.4. The summed E-state index contributed by atoms with van der Waals surface area (Å²) in [6, 6.07) is 9.07. The van der Waals surface area contributed by atoms with Gasteiger partial charge in [-0.05, 0) is 36.4 Å². The molecule has 0 atom stereocenters. The number of halogens is 4. The third kappa shape index (κ3) is 4.46. The lowest BCUT2D eigenvalue weighted by molar-refractivity contribution is -0.137. The SMILES string of the molecule is O=C(NC(=O)c1ccccc1Cl)Nc1ccc(C(F)(F)F)cc1. The number of nitrogens with one attached hydrogen (secondary N) is 2. The first-order valence-corrected chi connectivity index (χ1v) is 6.69. The van der Waals surface area contributed by atoms with Gasteiger partial charge in [-0.1, -0.05) is 23.7 Å². The summed E-state index contributed by atoms with van der Waals surface area (Å²) in [5, 5.41) is 4.47. The van der Waals surface area contributed by atoms with Crippen molar-refractivity contribution in [1.82, 2.24) is 5.32 Å². The number of benzene rings is 2. The van der Waals surface area contributed by atoms with E-state index in [1.54, 1.807) is 12.1 Å². The van der Waals surface area contributed by atoms with E-state index >= 15 is 0 Å². The molecule has 2 aromatic rings. The van der Waals surface area contributed by atoms with Gasteiger partial charge in [-0.3, -0.25) is 10.1 Å². The number of amides is 3. The second-order valence-corrected chi connectivity index (χ2v) is 4.87. The molecule has 0 aliphatic rings. The van der Waals surface area contributed by atoms with Crippen LogP contribution in [-0.4, -0.2) is 11.9 Å². The van der Waals surface area contributed by atoms with Crippen LogP contribution in [0.1, 0.15) is 15.9 Å². The van der Waals surface area contributed by atoms with Crippen molar-refractivity contribution in [3.63, 3.8) is 0 Å². The summed E-state index contributed by atoms with van der Waals surface area (Å²) in [6.45, 7) is 0. The van der Waals surface area contributed by atoms with Crippen molar-refractivity contribution in [3.8, 4) is 0 Å². The van der Waals surface area contributed by atoms with E-state index in [9.17, 15) is 22.8 Å². The summed E-state index contributed by atoms with van der Waals surface area (Å²) in [7, 11) is 0. The average Bonchev–Trinajstić information content (AvgIpc) is 2.47. The van der Waals surface area contributed by atoms with Crippen LogP contribution in [-0.2, 0) is 6.18 Å². The largest absolute Gasteiger partial charge is 0.416 e. The van der Waals surface area contributed by atoms with Crippen LogP contribution >= 0.6 is 11.6 Å². The lowest BCUT2D eigenvalue weighted by atomic mass is 10.2. The molecule has 0 aromatic heterocycles. The van der Waals surface area contributed by atoms with Crippen molar-refractivity contribution in [1.29, 1.82) is 0 Å². The Hall–Kier alpha value is -2.54. The van der Waals surface area contributed by atoms with E-state index in [0.29, 0.717) is 0 Å². The first-order valence-electron chi connectivity index (χ1n) is 6.31. The zero-order valence-electron chi connectivity index (χ0n) is 11.4. The van der Waals surface area contributed by atoms with Crippen LogP contribution in [0.25, 0.3) is 0 Å². The average molecular weight is 343 g/mol. The molecule has 0 saturated carbocycles. The van der Waals surface area contributed by atoms with Gasteiger partial charge in [-0.25, -0.2) is 4.79 Å². The second kappa shape index (κ2) is 6.70. The summed E-state index contributed by atoms with van der Waals surface area (Å²) in [4.78, 5) is 23.5. The molecule has 23 heavy (non-hydrogen) atoms. The Bertz CT molecular complexity index is 730. The molecule has 0 bridgehead atoms. The zero-order valence-corrected chi connectivity index (χ0v) is 12.2. The van der Waals surface area contributed by atoms with E-state index in [0.717, 1.165) is 24.3 Å². The van der Waals surface area contributed by atoms with Crippen molar-refractivity contribution in [3.05, 3.63) is 64.7 Å². The molecule has 0 saturated heterocycles. The van der Waals surface area contributed by atoms with E-state index in [2.05, 4.69) is 5.32 Å². The fraction of sp³-hybridized carbons (Fsp3) is 0.0667. The van der Waals surface area contributed by atoms with E-state index < -0.39 is 23.7 Å². The summed E-state index contributed by atoms with van der Waals surface area (Å²) >= 11 is 5.82. The maximum absolute atomic E-state index is 12.4. The summed E-state index contributed by atoms with van der Waals surface area (Å²) in [6.07, 6.45) is -4.46. The Morgan fingerprint density at radius 2 is 1.57 bits per heavy atom. The Morgan fingerprint density at radius 3 is 2.13 bits per heavy atom. The number of urea groups is 1. The van der Waals surface area contributed by atoms with Crippen LogP contribution in [0.5, 0.6) is 0 Å². The smallest absolute Gasteiger partial charge is 0.308 e. The van der Waals surface area contributed by atoms with Gasteiger partial charge in [0.25, 0.3) is 5.91 Å². The maximum Gasteiger partial charge on any atom is 0.416 e. The molecule has 0 fully saturated rings. The quantitative estimate of drug-likeness (QED) is 0.854. The molecular weight excluding hydrogens is 333 g/mol. The third-order valence-corrected chi connectivity index (χ3v) is 3.15. The van der Waals surface area contributed by atoms with Crippen LogP contribution in [0.4, 0.5) is 23.7 Å². The van der Waals surface area contributed by atoms with E-state index in [-0.39, 0.29) is 16.3 Å². The molecule has 0 heterocycles. The fourth-order valence-corrected chi connectivity index (χ4v) is 1.94. The first kappa shape index (κ1) is 16.8. The van der Waals surface area contributed by atoms with Gasteiger partial charge in [0.15, 0.2) is 0 Å². The number of hydrogen-bond acceptors (Lipinski definition) is 2. The third-order valence-electron chi connectivity index (χ3n) is 2.82. The monoisotopic (exact) mass is 342 g/mol. The minimum absolute atomic E-state index is 0.108. The minimum Gasteiger partial charge on any atom is -0.308 e. The van der Waals surface area contributed by atoms with Gasteiger partial charge >= 0.3 is 12.2 Å². The summed E-state index contributed by atoms with van der Waals surface area (Å²) < 4.78 is 37.3. The molecule has 120 valence electrons. The standard InChI is InChI=1S/C15H10ClF3N2O2/c16-12-4-2-1-3-11(12)13(22)21-14(23)20-10-7-5-9(6-8-10)15(17,18)19/h1-8H,(H2,20,21,22,23). The van der Waals surface area contributed by atoms with Gasteiger partial charge in [0.1, 0.15) is 0 Å². The predicted octanol–water partition coefficient (Wildman–Crippen LogP) is 4.32. The van der Waals surface area contributed by atoms with Crippen LogP contribution < -0.4 is 10.6 Å². The van der Waals surface area contributed by atoms with Gasteiger partial charge in [-0.15, -0.1) is 0 Å². The highest BCUT2D eigenvalue weighted by atomic mass is 35.5. The van der Waals surface area contributed by atoms with Crippen molar-refractivity contribution in [2.45, 2.75) is 6.18 Å². The first-order chi connectivity index (χ1) is 10.8. The molecule has 0 radical (unpaired) electrons. The fourth-order valence-electron chi connectivity index (χ4n) is 1.72. The number of imide groups is 1. The van der Waals surface area contributed by atoms with Crippen molar-refractivity contribution in [2.75, 3.05) is 5.32 Å². The molecule has 0 unspecified atom stereocenters. The highest BCUT2D eigenvalue weighted by Crippen LogP contribution is 2.29. The predicted molar refractivity (Wildman–Crippen MR) is 79.4 cm³/mol. The van der Waals surface area contributed by atoms with Gasteiger partial charge in [0.2, 0.25) is 0 Å². The van der Waals surface area contributed by atoms with Gasteiger partial charge < -0.3 is 5.32 Å². The molecule has 2 rings (SSSR count). The molecule has 0 aliphatic heterocycles. The molecular formula is C15H10ClF3N2O2. The Kier molecular flexibility index (Phi) is 4.90. The van der Waals surface area contributed by atoms with Crippen LogP contribution in [0.15, 0.2) is 48.5 Å². The molecule has 0 aliphatic carbocycles. The molecule has 3 amide bonds. The summed E-state index contributed by atoms with van der Waals surface area (Å²) in [5.74, 6) is -0.722. The highest BCUT2D eigenvalue weighted by Gasteiger charge is 2.30. The van der Waals surface area contributed by atoms with Gasteiger partial charge in [-0.2, -0.15) is 13.2 Å². The van der Waals surface area contributed by atoms with Crippen LogP contribution in [0.2, 0.25) is 5.02 Å². The zero-order chi connectivity index (χ0) is 17.0. The van der Waals surface area contributed by atoms with Crippen molar-refractivity contribution in [2.24, 2.45) is 0 Å². The number of carbonyl (C=O) groups is 2. The van der Waals surface area contributed by atoms with E-state index in [1.165, 1.54) is 12.1 Å². The van der Waals surface area contributed by atoms with Crippen LogP contribution in [0.3, 0.4) is 0 Å². The van der Waals surface area contributed by atoms with Gasteiger partial charge in [0, 0.05) is 5.69 Å². The summed E-state index contributed by atoms with van der Waals surface area (Å²) in [5.41, 5.74) is -0.616. The normalized spacial score (nSPS) is 11.0. The van der Waals surface area contributed by atoms with E-state index in [1.807, 2.05) is 5.32 Å². The van der Waals surface area contributed by atoms with Crippen molar-refractivity contribution < 1.29 is 22.8 Å². The Labute approximate surface area is 134 Å². The Balaban J connectivity index is 2.00. The number of alkyl halides is 3. The lowest BCUT2D eigenvalue weighted by Gasteiger charge is -2.09. The molecule has 2 N–H and O–H groups in total.